The van der Waals surface area contributed by atoms with Crippen LogP contribution in [0.25, 0.3) is 11.6 Å². The topological polar surface area (TPSA) is 34.2 Å². The van der Waals surface area contributed by atoms with E-state index in [1.54, 1.807) is 12.1 Å². The second-order valence-corrected chi connectivity index (χ2v) is 28.0. The van der Waals surface area contributed by atoms with Crippen molar-refractivity contribution in [2.75, 3.05) is 9.80 Å². The van der Waals surface area contributed by atoms with Crippen LogP contribution in [0, 0.1) is 52.9 Å². The highest BCUT2D eigenvalue weighted by molar-refractivity contribution is 5.92. The van der Waals surface area contributed by atoms with E-state index in [9.17, 15) is 0 Å². The van der Waals surface area contributed by atoms with Crippen LogP contribution in [-0.4, -0.2) is 12.2 Å². The Kier molecular flexibility index (Phi) is 16.2. The normalized spacial score (nSPS) is 26.7. The van der Waals surface area contributed by atoms with E-state index in [1.165, 1.54) is 57.7 Å². The average Bonchev–Trinajstić information content (AvgIpc) is 1.56. The Morgan fingerprint density at radius 1 is 0.576 bits per heavy atom. The van der Waals surface area contributed by atoms with E-state index in [0.717, 1.165) is 139 Å². The molecule has 1 aliphatic heterocycles. The van der Waals surface area contributed by atoms with Gasteiger partial charge in [-0.2, -0.15) is 0 Å². The van der Waals surface area contributed by atoms with Gasteiger partial charge < -0.3 is 24.0 Å². The van der Waals surface area contributed by atoms with E-state index in [4.69, 9.17) is 14.2 Å². The summed E-state index contributed by atoms with van der Waals surface area (Å²) in [6.07, 6.45) is 52.7. The number of rotatable bonds is 16. The number of fused-ring (bicyclic) bond motifs is 7. The fourth-order valence-corrected chi connectivity index (χ4v) is 18.9. The monoisotopic (exact) mass is 1310 g/mol. The van der Waals surface area contributed by atoms with Crippen molar-refractivity contribution in [3.05, 3.63) is 364 Å². The van der Waals surface area contributed by atoms with Gasteiger partial charge in [-0.15, -0.1) is 0 Å². The minimum Gasteiger partial charge on any atom is -0.494 e. The molecule has 0 N–H and O–H groups in total. The molecule has 11 aliphatic rings. The summed E-state index contributed by atoms with van der Waals surface area (Å²) < 4.78 is 84.4. The van der Waals surface area contributed by atoms with Crippen molar-refractivity contribution in [3.8, 4) is 11.5 Å². The maximum absolute atomic E-state index is 16.4. The summed E-state index contributed by atoms with van der Waals surface area (Å²) >= 11 is 0. The summed E-state index contributed by atoms with van der Waals surface area (Å²) in [5.74, 6) is -0.420. The Bertz CT molecular complexity index is 4770. The van der Waals surface area contributed by atoms with Crippen LogP contribution >= 0.6 is 0 Å². The van der Waals surface area contributed by atoms with Gasteiger partial charge >= 0.3 is 0 Å². The SMILES string of the molecule is C=CC1=CC=C(OC2CC=C(C3(c4ccccc4)C4C=C(N(C5=CCCC6=C5C5C(N(c7ccc(F)c(F)c7)c7ccc8c(c7)C(C7=CC=CCC7)(c7ccc(Oc9ccc(C=C)cc9)cc7)C7=C8C=CCC7)=CC=CC5O6)c5ccc(F)c(F)c5)C=CC4C4C=CCCC43)CC2)CC1. The van der Waals surface area contributed by atoms with Crippen LogP contribution in [0.2, 0.25) is 0 Å². The minimum atomic E-state index is -0.972. The first-order valence-corrected chi connectivity index (χ1v) is 35.5. The third-order valence-electron chi connectivity index (χ3n) is 23.0. The molecule has 10 aliphatic carbocycles. The maximum atomic E-state index is 16.4. The van der Waals surface area contributed by atoms with Crippen molar-refractivity contribution in [2.45, 2.75) is 107 Å². The molecular formula is C90H78F4N2O3. The second kappa shape index (κ2) is 25.6. The van der Waals surface area contributed by atoms with Crippen molar-refractivity contribution in [2.24, 2.45) is 29.6 Å². The highest BCUT2D eigenvalue weighted by Crippen LogP contribution is 2.66. The van der Waals surface area contributed by atoms with Gasteiger partial charge in [-0.25, -0.2) is 17.6 Å². The number of allylic oxidation sites excluding steroid dienone is 24. The van der Waals surface area contributed by atoms with Gasteiger partial charge in [-0.3, -0.25) is 0 Å². The van der Waals surface area contributed by atoms with Crippen LogP contribution in [0.5, 0.6) is 11.5 Å². The molecule has 0 spiro atoms. The molecule has 0 radical (unpaired) electrons. The summed E-state index contributed by atoms with van der Waals surface area (Å²) in [5, 5.41) is 0. The molecule has 0 aromatic heterocycles. The van der Waals surface area contributed by atoms with Crippen LogP contribution in [0.3, 0.4) is 0 Å². The van der Waals surface area contributed by atoms with Crippen molar-refractivity contribution in [1.82, 2.24) is 0 Å². The van der Waals surface area contributed by atoms with E-state index in [0.29, 0.717) is 30.0 Å². The molecule has 9 atom stereocenters. The highest BCUT2D eigenvalue weighted by Gasteiger charge is 2.61. The Hall–Kier alpha value is -10.1. The van der Waals surface area contributed by atoms with Crippen LogP contribution < -0.4 is 14.5 Å². The summed E-state index contributed by atoms with van der Waals surface area (Å²) in [6.45, 7) is 7.92. The zero-order chi connectivity index (χ0) is 66.9. The van der Waals surface area contributed by atoms with E-state index >= 15 is 17.6 Å². The number of hydrogen-bond donors (Lipinski definition) is 0. The van der Waals surface area contributed by atoms with Crippen molar-refractivity contribution < 1.29 is 31.8 Å². The number of nitrogens with zero attached hydrogens (tertiary/aromatic N) is 2. The first-order chi connectivity index (χ1) is 48.6. The lowest BCUT2D eigenvalue weighted by Gasteiger charge is -2.46. The zero-order valence-corrected chi connectivity index (χ0v) is 55.5. The fourth-order valence-electron chi connectivity index (χ4n) is 18.9. The average molecular weight is 1310 g/mol. The molecule has 0 saturated heterocycles. The van der Waals surface area contributed by atoms with Gasteiger partial charge in [0, 0.05) is 76.5 Å². The molecule has 9 heteroatoms. The van der Waals surface area contributed by atoms with E-state index in [2.05, 4.69) is 193 Å². The molecule has 6 aromatic rings. The molecule has 1 heterocycles. The molecule has 0 amide bonds. The van der Waals surface area contributed by atoms with Crippen LogP contribution in [0.1, 0.15) is 111 Å². The molecular weight excluding hydrogens is 1230 g/mol. The van der Waals surface area contributed by atoms with Crippen LogP contribution in [0.15, 0.2) is 312 Å². The number of hydrogen-bond acceptors (Lipinski definition) is 5. The molecule has 494 valence electrons. The third kappa shape index (κ3) is 10.5. The van der Waals surface area contributed by atoms with Crippen molar-refractivity contribution in [3.63, 3.8) is 0 Å². The molecule has 17 rings (SSSR count). The summed E-state index contributed by atoms with van der Waals surface area (Å²) in [6, 6.07) is 42.6. The number of benzene rings is 6. The van der Waals surface area contributed by atoms with Crippen molar-refractivity contribution in [1.29, 1.82) is 0 Å². The smallest absolute Gasteiger partial charge is 0.160 e. The minimum absolute atomic E-state index is 0.0328. The van der Waals surface area contributed by atoms with Crippen molar-refractivity contribution >= 4 is 28.7 Å². The molecule has 6 aromatic carbocycles. The lowest BCUT2D eigenvalue weighted by atomic mass is 9.57. The third-order valence-corrected chi connectivity index (χ3v) is 23.0. The molecule has 9 unspecified atom stereocenters. The van der Waals surface area contributed by atoms with Gasteiger partial charge in [0.15, 0.2) is 23.3 Å². The number of halogens is 4. The van der Waals surface area contributed by atoms with E-state index in [-0.39, 0.29) is 29.8 Å². The number of ether oxygens (including phenoxy) is 3. The molecule has 5 nitrogen and oxygen atoms in total. The molecule has 0 bridgehead atoms. The Morgan fingerprint density at radius 3 is 2.07 bits per heavy atom. The Morgan fingerprint density at radius 2 is 1.34 bits per heavy atom. The lowest BCUT2D eigenvalue weighted by Crippen LogP contribution is -2.42. The largest absolute Gasteiger partial charge is 0.494 e. The summed E-state index contributed by atoms with van der Waals surface area (Å²) in [5.41, 5.74) is 16.0. The Labute approximate surface area is 578 Å². The zero-order valence-electron chi connectivity index (χ0n) is 55.5. The second-order valence-electron chi connectivity index (χ2n) is 28.0. The van der Waals surface area contributed by atoms with Gasteiger partial charge in [0.05, 0.1) is 17.1 Å². The molecule has 1 saturated carbocycles. The quantitative estimate of drug-likeness (QED) is 0.0713. The molecule has 1 fully saturated rings. The first kappa shape index (κ1) is 62.4. The van der Waals surface area contributed by atoms with E-state index < -0.39 is 46.1 Å². The van der Waals surface area contributed by atoms with Gasteiger partial charge in [0.2, 0.25) is 0 Å². The first-order valence-electron chi connectivity index (χ1n) is 35.5. The van der Waals surface area contributed by atoms with Gasteiger partial charge in [-0.1, -0.05) is 176 Å². The van der Waals surface area contributed by atoms with Crippen LogP contribution in [-0.2, 0) is 20.3 Å². The lowest BCUT2D eigenvalue weighted by molar-refractivity contribution is 0.0959. The van der Waals surface area contributed by atoms with Gasteiger partial charge in [0.25, 0.3) is 0 Å². The van der Waals surface area contributed by atoms with Crippen LogP contribution in [0.4, 0.5) is 34.6 Å². The van der Waals surface area contributed by atoms with Gasteiger partial charge in [0.1, 0.15) is 29.5 Å². The predicted molar refractivity (Wildman–Crippen MR) is 389 cm³/mol. The predicted octanol–water partition coefficient (Wildman–Crippen LogP) is 22.9. The van der Waals surface area contributed by atoms with Gasteiger partial charge in [-0.05, 0) is 217 Å². The Balaban J connectivity index is 0.794. The molecule has 99 heavy (non-hydrogen) atoms. The number of anilines is 3. The van der Waals surface area contributed by atoms with E-state index in [1.807, 2.05) is 42.5 Å². The summed E-state index contributed by atoms with van der Waals surface area (Å²) in [4.78, 5) is 4.25. The summed E-state index contributed by atoms with van der Waals surface area (Å²) in [7, 11) is 0. The standard InChI is InChI=1S/C90H78F4N2O3/c1-3-57-29-41-67(42-30-57)97-69-45-33-61(34-46-69)89(59-17-7-5-8-18-59)75-23-13-11-21-71(75)73-49-37-63(53-77(73)89)95(65-39-51-79(91)81(93)55-65)83-25-15-27-85-87(83)88-84(26-16-28-86(88)99-85)96(66-40-52-80(92)82(94)56-66)64-38-50-74-72-22-12-14-24-76(72)90(78(74)54-64,60-19-9-6-10-20-60)62-35-47-70(48-36-62)98-68-43-31-58(4-2)32-44-68/h3-9,11-12,16-19,21-22,25-26,28-29,31-33,35-41,43-44,47-56,69,71,73,75,77,86,88H,1-2,10,13-15,20,23-24,27,30,34,42,45-46H2. The highest BCUT2D eigenvalue weighted by atomic mass is 19.2. The fraction of sp³-hybridized carbons (Fsp3) is 0.244. The maximum Gasteiger partial charge on any atom is 0.160 e.